The number of amides is 2. The molecule has 23 heavy (non-hydrogen) atoms. The molecule has 1 aliphatic heterocycles. The number of likely N-dealkylation sites (N-methyl/N-ethyl adjacent to an activating group) is 1. The Morgan fingerprint density at radius 3 is 2.78 bits per heavy atom. The van der Waals surface area contributed by atoms with Crippen molar-refractivity contribution in [1.29, 1.82) is 0 Å². The first-order valence-electron chi connectivity index (χ1n) is 7.67. The zero-order chi connectivity index (χ0) is 16.4. The van der Waals surface area contributed by atoms with E-state index in [1.54, 1.807) is 16.6 Å². The Morgan fingerprint density at radius 2 is 2.04 bits per heavy atom. The van der Waals surface area contributed by atoms with Crippen molar-refractivity contribution in [2.75, 3.05) is 18.5 Å². The number of hydrogen-bond donors (Lipinski definition) is 0. The largest absolute Gasteiger partial charge is 0.340 e. The zero-order valence-corrected chi connectivity index (χ0v) is 13.4. The Bertz CT molecular complexity index is 723. The maximum Gasteiger partial charge on any atom is 0.242 e. The van der Waals surface area contributed by atoms with Crippen molar-refractivity contribution in [3.8, 4) is 0 Å². The Balaban J connectivity index is 1.71. The minimum Gasteiger partial charge on any atom is -0.340 e. The molecule has 6 nitrogen and oxygen atoms in total. The number of carbonyl (C=O) groups is 2. The van der Waals surface area contributed by atoms with Gasteiger partial charge in [-0.15, -0.1) is 0 Å². The lowest BCUT2D eigenvalue weighted by molar-refractivity contribution is -0.131. The van der Waals surface area contributed by atoms with Gasteiger partial charge < -0.3 is 4.90 Å². The highest BCUT2D eigenvalue weighted by Crippen LogP contribution is 2.22. The number of aryl methyl sites for hydroxylation is 2. The van der Waals surface area contributed by atoms with Crippen molar-refractivity contribution in [3.05, 3.63) is 47.7 Å². The number of nitrogens with zero attached hydrogens (tertiary/aromatic N) is 4. The Morgan fingerprint density at radius 1 is 1.30 bits per heavy atom. The summed E-state index contributed by atoms with van der Waals surface area (Å²) in [4.78, 5) is 27.9. The van der Waals surface area contributed by atoms with Crippen molar-refractivity contribution < 1.29 is 9.59 Å². The lowest BCUT2D eigenvalue weighted by atomic mass is 10.2. The van der Waals surface area contributed by atoms with Crippen LogP contribution in [0.3, 0.4) is 0 Å². The maximum absolute atomic E-state index is 12.5. The molecule has 120 valence electrons. The smallest absolute Gasteiger partial charge is 0.242 e. The fourth-order valence-electron chi connectivity index (χ4n) is 2.75. The van der Waals surface area contributed by atoms with E-state index in [1.807, 2.05) is 43.3 Å². The van der Waals surface area contributed by atoms with Crippen molar-refractivity contribution in [2.45, 2.75) is 26.4 Å². The number of carbonyl (C=O) groups excluding carboxylic acids is 2. The van der Waals surface area contributed by atoms with Crippen LogP contribution in [0.5, 0.6) is 0 Å². The van der Waals surface area contributed by atoms with E-state index in [0.717, 1.165) is 11.3 Å². The van der Waals surface area contributed by atoms with Gasteiger partial charge in [-0.2, -0.15) is 5.10 Å². The molecule has 0 saturated carbocycles. The molecule has 1 aromatic carbocycles. The van der Waals surface area contributed by atoms with E-state index in [4.69, 9.17) is 0 Å². The molecular formula is C17H20N4O2. The summed E-state index contributed by atoms with van der Waals surface area (Å²) >= 11 is 0. The van der Waals surface area contributed by atoms with E-state index in [2.05, 4.69) is 5.10 Å². The van der Waals surface area contributed by atoms with E-state index in [-0.39, 0.29) is 18.4 Å². The van der Waals surface area contributed by atoms with Crippen LogP contribution in [0, 0.1) is 6.92 Å². The summed E-state index contributed by atoms with van der Waals surface area (Å²) in [5.41, 5.74) is 1.92. The van der Waals surface area contributed by atoms with E-state index in [9.17, 15) is 9.59 Å². The van der Waals surface area contributed by atoms with Gasteiger partial charge in [0.05, 0.1) is 12.2 Å². The van der Waals surface area contributed by atoms with Crippen molar-refractivity contribution in [2.24, 2.45) is 0 Å². The molecule has 2 aromatic rings. The number of rotatable bonds is 4. The molecule has 6 heteroatoms. The summed E-state index contributed by atoms with van der Waals surface area (Å²) in [5.74, 6) is 0.591. The van der Waals surface area contributed by atoms with Gasteiger partial charge in [-0.3, -0.25) is 14.5 Å². The van der Waals surface area contributed by atoms with E-state index >= 15 is 0 Å². The Hall–Kier alpha value is -2.63. The first-order chi connectivity index (χ1) is 11.0. The molecule has 0 spiro atoms. The third-order valence-electron chi connectivity index (χ3n) is 3.98. The molecule has 0 atom stereocenters. The van der Waals surface area contributed by atoms with Gasteiger partial charge in [0, 0.05) is 26.1 Å². The van der Waals surface area contributed by atoms with Gasteiger partial charge in [0.25, 0.3) is 0 Å². The highest BCUT2D eigenvalue weighted by atomic mass is 16.2. The summed E-state index contributed by atoms with van der Waals surface area (Å²) in [5, 5.41) is 4.35. The highest BCUT2D eigenvalue weighted by molar-refractivity contribution is 5.98. The van der Waals surface area contributed by atoms with Gasteiger partial charge in [0.15, 0.2) is 0 Å². The molecule has 0 saturated heterocycles. The molecule has 0 radical (unpaired) electrons. The lowest BCUT2D eigenvalue weighted by Crippen LogP contribution is -2.44. The second-order valence-corrected chi connectivity index (χ2v) is 5.83. The molecule has 1 aliphatic rings. The summed E-state index contributed by atoms with van der Waals surface area (Å²) < 4.78 is 1.79. The standard InChI is InChI=1S/C17H20N4O2/c1-13-10-15-20(16(22)8-9-21(15)18-13)12-17(23)19(2)11-14-6-4-3-5-7-14/h3-7,10H,8-9,11-12H2,1-2H3. The summed E-state index contributed by atoms with van der Waals surface area (Å²) in [6.45, 7) is 3.04. The van der Waals surface area contributed by atoms with Gasteiger partial charge in [-0.05, 0) is 12.5 Å². The summed E-state index contributed by atoms with van der Waals surface area (Å²) in [7, 11) is 1.76. The van der Waals surface area contributed by atoms with E-state index in [1.165, 1.54) is 4.90 Å². The predicted molar refractivity (Wildman–Crippen MR) is 86.9 cm³/mol. The topological polar surface area (TPSA) is 58.4 Å². The predicted octanol–water partition coefficient (Wildman–Crippen LogP) is 1.59. The quantitative estimate of drug-likeness (QED) is 0.861. The molecule has 0 unspecified atom stereocenters. The van der Waals surface area contributed by atoms with Crippen LogP contribution in [-0.2, 0) is 22.7 Å². The van der Waals surface area contributed by atoms with Crippen LogP contribution in [-0.4, -0.2) is 40.1 Å². The lowest BCUT2D eigenvalue weighted by Gasteiger charge is -2.28. The van der Waals surface area contributed by atoms with Gasteiger partial charge in [0.1, 0.15) is 12.4 Å². The van der Waals surface area contributed by atoms with Gasteiger partial charge in [-0.25, -0.2) is 4.68 Å². The number of benzene rings is 1. The van der Waals surface area contributed by atoms with Gasteiger partial charge in [0.2, 0.25) is 11.8 Å². The molecule has 2 amide bonds. The first kappa shape index (κ1) is 15.3. The van der Waals surface area contributed by atoms with Gasteiger partial charge >= 0.3 is 0 Å². The summed E-state index contributed by atoms with van der Waals surface area (Å²) in [6.07, 6.45) is 0.379. The Kier molecular flexibility index (Phi) is 4.14. The minimum atomic E-state index is -0.0884. The van der Waals surface area contributed by atoms with Crippen molar-refractivity contribution >= 4 is 17.6 Å². The molecular weight excluding hydrogens is 292 g/mol. The molecule has 2 heterocycles. The van der Waals surface area contributed by atoms with E-state index in [0.29, 0.717) is 25.3 Å². The maximum atomic E-state index is 12.5. The SMILES string of the molecule is Cc1cc2n(n1)CCC(=O)N2CC(=O)N(C)Cc1ccccc1. The van der Waals surface area contributed by atoms with Crippen LogP contribution in [0.4, 0.5) is 5.82 Å². The average Bonchev–Trinajstić information content (AvgIpc) is 2.92. The molecule has 1 aromatic heterocycles. The highest BCUT2D eigenvalue weighted by Gasteiger charge is 2.28. The normalized spacial score (nSPS) is 13.8. The molecule has 3 rings (SSSR count). The van der Waals surface area contributed by atoms with Crippen LogP contribution in [0.25, 0.3) is 0 Å². The fourth-order valence-corrected chi connectivity index (χ4v) is 2.75. The van der Waals surface area contributed by atoms with Crippen LogP contribution < -0.4 is 4.90 Å². The van der Waals surface area contributed by atoms with Gasteiger partial charge in [-0.1, -0.05) is 30.3 Å². The van der Waals surface area contributed by atoms with Crippen molar-refractivity contribution in [1.82, 2.24) is 14.7 Å². The number of fused-ring (bicyclic) bond motifs is 1. The zero-order valence-electron chi connectivity index (χ0n) is 13.4. The van der Waals surface area contributed by atoms with Crippen LogP contribution >= 0.6 is 0 Å². The van der Waals surface area contributed by atoms with Crippen LogP contribution in [0.2, 0.25) is 0 Å². The van der Waals surface area contributed by atoms with Crippen LogP contribution in [0.1, 0.15) is 17.7 Å². The monoisotopic (exact) mass is 312 g/mol. The fraction of sp³-hybridized carbons (Fsp3) is 0.353. The summed E-state index contributed by atoms with van der Waals surface area (Å²) in [6, 6.07) is 11.7. The molecule has 0 aliphatic carbocycles. The molecule has 0 fully saturated rings. The molecule has 0 bridgehead atoms. The first-order valence-corrected chi connectivity index (χ1v) is 7.67. The minimum absolute atomic E-state index is 0.0288. The average molecular weight is 312 g/mol. The van der Waals surface area contributed by atoms with Crippen LogP contribution in [0.15, 0.2) is 36.4 Å². The number of hydrogen-bond acceptors (Lipinski definition) is 3. The van der Waals surface area contributed by atoms with Crippen molar-refractivity contribution in [3.63, 3.8) is 0 Å². The third-order valence-corrected chi connectivity index (χ3v) is 3.98. The van der Waals surface area contributed by atoms with E-state index < -0.39 is 0 Å². The Labute approximate surface area is 135 Å². The molecule has 0 N–H and O–H groups in total. The number of aromatic nitrogens is 2. The third kappa shape index (κ3) is 3.26. The second-order valence-electron chi connectivity index (χ2n) is 5.83. The second kappa shape index (κ2) is 6.24. The number of anilines is 1.